The number of carbonyl (C=O) groups is 1. The van der Waals surface area contributed by atoms with Gasteiger partial charge in [0.1, 0.15) is 6.04 Å². The maximum atomic E-state index is 13.3. The molecule has 0 fully saturated rings. The number of para-hydroxylation sites is 1. The van der Waals surface area contributed by atoms with Crippen LogP contribution in [0, 0.1) is 6.92 Å². The molecule has 2 aromatic carbocycles. The van der Waals surface area contributed by atoms with Crippen molar-refractivity contribution in [1.82, 2.24) is 0 Å². The molecule has 0 aromatic heterocycles. The SMILES string of the molecule is CCC(C(=O)N1CCc2ccccc21)N(c1ccc(C)c(Cl)c1)S(C)(=O)=O. The number of aryl methyl sites for hydroxylation is 1. The summed E-state index contributed by atoms with van der Waals surface area (Å²) in [5.74, 6) is -0.218. The Balaban J connectivity index is 2.02. The molecule has 0 spiro atoms. The molecule has 1 unspecified atom stereocenters. The maximum absolute atomic E-state index is 13.3. The van der Waals surface area contributed by atoms with E-state index in [0.29, 0.717) is 23.7 Å². The second kappa shape index (κ2) is 7.52. The molecule has 1 atom stereocenters. The lowest BCUT2D eigenvalue weighted by molar-refractivity contribution is -0.119. The van der Waals surface area contributed by atoms with Crippen LogP contribution in [0.25, 0.3) is 0 Å². The third-order valence-electron chi connectivity index (χ3n) is 4.88. The number of nitrogens with zero attached hydrogens (tertiary/aromatic N) is 2. The van der Waals surface area contributed by atoms with Gasteiger partial charge in [0.2, 0.25) is 10.0 Å². The van der Waals surface area contributed by atoms with Crippen molar-refractivity contribution < 1.29 is 13.2 Å². The molecule has 0 N–H and O–H groups in total. The van der Waals surface area contributed by atoms with Crippen LogP contribution in [0.4, 0.5) is 11.4 Å². The Bertz CT molecular complexity index is 975. The van der Waals surface area contributed by atoms with Crippen LogP contribution in [-0.2, 0) is 21.2 Å². The van der Waals surface area contributed by atoms with E-state index in [1.807, 2.05) is 38.1 Å². The minimum Gasteiger partial charge on any atom is -0.310 e. The normalized spacial score (nSPS) is 14.7. The molecular weight excluding hydrogens is 384 g/mol. The first kappa shape index (κ1) is 19.7. The van der Waals surface area contributed by atoms with Gasteiger partial charge in [0.15, 0.2) is 0 Å². The van der Waals surface area contributed by atoms with E-state index in [0.717, 1.165) is 29.5 Å². The van der Waals surface area contributed by atoms with Crippen molar-refractivity contribution in [3.63, 3.8) is 0 Å². The van der Waals surface area contributed by atoms with Crippen LogP contribution in [0.5, 0.6) is 0 Å². The van der Waals surface area contributed by atoms with E-state index in [9.17, 15) is 13.2 Å². The van der Waals surface area contributed by atoms with Crippen LogP contribution >= 0.6 is 11.6 Å². The molecule has 0 bridgehead atoms. The summed E-state index contributed by atoms with van der Waals surface area (Å²) in [5, 5.41) is 0.468. The number of benzene rings is 2. The standard InChI is InChI=1S/C20H23ClN2O3S/c1-4-18(20(24)22-12-11-15-7-5-6-8-19(15)22)23(27(3,25)26)16-10-9-14(2)17(21)13-16/h5-10,13,18H,4,11-12H2,1-3H3. The van der Waals surface area contributed by atoms with Gasteiger partial charge in [-0.05, 0) is 49.1 Å². The van der Waals surface area contributed by atoms with Crippen LogP contribution in [0.1, 0.15) is 24.5 Å². The largest absolute Gasteiger partial charge is 0.310 e. The minimum atomic E-state index is -3.68. The van der Waals surface area contributed by atoms with Gasteiger partial charge in [0.25, 0.3) is 5.91 Å². The van der Waals surface area contributed by atoms with Crippen LogP contribution in [0.15, 0.2) is 42.5 Å². The molecule has 0 saturated carbocycles. The number of carbonyl (C=O) groups excluding carboxylic acids is 1. The Labute approximate surface area is 165 Å². The first-order valence-electron chi connectivity index (χ1n) is 8.89. The van der Waals surface area contributed by atoms with Gasteiger partial charge in [-0.3, -0.25) is 9.10 Å². The van der Waals surface area contributed by atoms with Gasteiger partial charge in [-0.1, -0.05) is 42.8 Å². The zero-order valence-corrected chi connectivity index (χ0v) is 17.2. The Morgan fingerprint density at radius 3 is 2.59 bits per heavy atom. The molecular formula is C20H23ClN2O3S. The summed E-state index contributed by atoms with van der Waals surface area (Å²) in [5.41, 5.74) is 3.21. The summed E-state index contributed by atoms with van der Waals surface area (Å²) in [7, 11) is -3.68. The average Bonchev–Trinajstić information content (AvgIpc) is 3.04. The van der Waals surface area contributed by atoms with Gasteiger partial charge in [-0.25, -0.2) is 8.42 Å². The molecule has 0 aliphatic carbocycles. The lowest BCUT2D eigenvalue weighted by Crippen LogP contribution is -2.50. The van der Waals surface area contributed by atoms with Gasteiger partial charge in [-0.2, -0.15) is 0 Å². The molecule has 27 heavy (non-hydrogen) atoms. The topological polar surface area (TPSA) is 57.7 Å². The van der Waals surface area contributed by atoms with E-state index < -0.39 is 16.1 Å². The molecule has 144 valence electrons. The lowest BCUT2D eigenvalue weighted by Gasteiger charge is -2.33. The fourth-order valence-electron chi connectivity index (χ4n) is 3.51. The molecule has 2 aromatic rings. The number of halogens is 1. The average molecular weight is 407 g/mol. The van der Waals surface area contributed by atoms with E-state index in [2.05, 4.69) is 0 Å². The number of fused-ring (bicyclic) bond motifs is 1. The molecule has 1 aliphatic heterocycles. The van der Waals surface area contributed by atoms with Crippen LogP contribution in [-0.4, -0.2) is 33.2 Å². The second-order valence-electron chi connectivity index (χ2n) is 6.78. The van der Waals surface area contributed by atoms with Crippen molar-refractivity contribution >= 4 is 38.9 Å². The third kappa shape index (κ3) is 3.82. The number of amides is 1. The van der Waals surface area contributed by atoms with E-state index in [-0.39, 0.29) is 5.91 Å². The van der Waals surface area contributed by atoms with Crippen molar-refractivity contribution in [2.24, 2.45) is 0 Å². The van der Waals surface area contributed by atoms with Crippen molar-refractivity contribution in [3.05, 3.63) is 58.6 Å². The van der Waals surface area contributed by atoms with Crippen LogP contribution < -0.4 is 9.21 Å². The van der Waals surface area contributed by atoms with Crippen molar-refractivity contribution in [1.29, 1.82) is 0 Å². The molecule has 0 radical (unpaired) electrons. The van der Waals surface area contributed by atoms with Crippen LogP contribution in [0.2, 0.25) is 5.02 Å². The Morgan fingerprint density at radius 1 is 1.26 bits per heavy atom. The molecule has 5 nitrogen and oxygen atoms in total. The highest BCUT2D eigenvalue weighted by Gasteiger charge is 2.36. The van der Waals surface area contributed by atoms with E-state index >= 15 is 0 Å². The minimum absolute atomic E-state index is 0.218. The van der Waals surface area contributed by atoms with Gasteiger partial charge >= 0.3 is 0 Å². The molecule has 0 saturated heterocycles. The first-order valence-corrected chi connectivity index (χ1v) is 11.1. The number of rotatable bonds is 5. The summed E-state index contributed by atoms with van der Waals surface area (Å²) < 4.78 is 26.4. The number of sulfonamides is 1. The zero-order chi connectivity index (χ0) is 19.8. The summed E-state index contributed by atoms with van der Waals surface area (Å²) in [4.78, 5) is 15.0. The summed E-state index contributed by atoms with van der Waals surface area (Å²) in [6, 6.07) is 12.0. The van der Waals surface area contributed by atoms with E-state index in [1.165, 1.54) is 4.31 Å². The summed E-state index contributed by atoms with van der Waals surface area (Å²) in [6.45, 7) is 4.22. The van der Waals surface area contributed by atoms with Crippen LogP contribution in [0.3, 0.4) is 0 Å². The van der Waals surface area contributed by atoms with Crippen molar-refractivity contribution in [2.45, 2.75) is 32.7 Å². The van der Waals surface area contributed by atoms with E-state index in [4.69, 9.17) is 11.6 Å². The summed E-state index contributed by atoms with van der Waals surface area (Å²) in [6.07, 6.45) is 2.25. The number of anilines is 2. The van der Waals surface area contributed by atoms with Gasteiger partial charge in [0.05, 0.1) is 11.9 Å². The van der Waals surface area contributed by atoms with Crippen molar-refractivity contribution in [3.8, 4) is 0 Å². The second-order valence-corrected chi connectivity index (χ2v) is 9.05. The van der Waals surface area contributed by atoms with E-state index in [1.54, 1.807) is 23.1 Å². The van der Waals surface area contributed by atoms with Crippen molar-refractivity contribution in [2.75, 3.05) is 22.0 Å². The molecule has 7 heteroatoms. The number of hydrogen-bond acceptors (Lipinski definition) is 3. The Morgan fingerprint density at radius 2 is 1.96 bits per heavy atom. The summed E-state index contributed by atoms with van der Waals surface area (Å²) >= 11 is 6.21. The lowest BCUT2D eigenvalue weighted by atomic mass is 10.1. The molecule has 3 rings (SSSR count). The first-order chi connectivity index (χ1) is 12.7. The number of hydrogen-bond donors (Lipinski definition) is 0. The van der Waals surface area contributed by atoms with Gasteiger partial charge in [0, 0.05) is 17.3 Å². The Hall–Kier alpha value is -2.05. The quantitative estimate of drug-likeness (QED) is 0.759. The fourth-order valence-corrected chi connectivity index (χ4v) is 4.88. The predicted molar refractivity (Wildman–Crippen MR) is 110 cm³/mol. The Kier molecular flexibility index (Phi) is 5.49. The molecule has 1 amide bonds. The van der Waals surface area contributed by atoms with Gasteiger partial charge in [-0.15, -0.1) is 0 Å². The predicted octanol–water partition coefficient (Wildman–Crippen LogP) is 3.78. The maximum Gasteiger partial charge on any atom is 0.250 e. The fraction of sp³-hybridized carbons (Fsp3) is 0.350. The molecule has 1 heterocycles. The van der Waals surface area contributed by atoms with Gasteiger partial charge < -0.3 is 4.90 Å². The highest BCUT2D eigenvalue weighted by Crippen LogP contribution is 2.32. The highest BCUT2D eigenvalue weighted by atomic mass is 35.5. The third-order valence-corrected chi connectivity index (χ3v) is 6.46. The smallest absolute Gasteiger partial charge is 0.250 e. The zero-order valence-electron chi connectivity index (χ0n) is 15.6. The monoisotopic (exact) mass is 406 g/mol. The molecule has 1 aliphatic rings. The highest BCUT2D eigenvalue weighted by molar-refractivity contribution is 7.92.